The molecule has 0 atom stereocenters. The summed E-state index contributed by atoms with van der Waals surface area (Å²) in [6, 6.07) is 3.69. The Morgan fingerprint density at radius 3 is 2.40 bits per heavy atom. The minimum atomic E-state index is 0.655. The number of anilines is 1. The molecule has 0 saturated carbocycles. The summed E-state index contributed by atoms with van der Waals surface area (Å²) >= 11 is 6.27. The zero-order valence-electron chi connectivity index (χ0n) is 12.4. The van der Waals surface area contributed by atoms with Gasteiger partial charge in [-0.25, -0.2) is 0 Å². The number of rotatable bonds is 5. The summed E-state index contributed by atoms with van der Waals surface area (Å²) in [5.74, 6) is 2.06. The van der Waals surface area contributed by atoms with Crippen LogP contribution in [0.25, 0.3) is 0 Å². The summed E-state index contributed by atoms with van der Waals surface area (Å²) in [6.45, 7) is 3.29. The highest BCUT2D eigenvalue weighted by molar-refractivity contribution is 6.33. The lowest BCUT2D eigenvalue weighted by Crippen LogP contribution is -2.32. The molecule has 1 aliphatic rings. The van der Waals surface area contributed by atoms with Crippen molar-refractivity contribution in [2.75, 3.05) is 46.2 Å². The predicted octanol–water partition coefficient (Wildman–Crippen LogP) is 3.11. The van der Waals surface area contributed by atoms with E-state index in [9.17, 15) is 0 Å². The van der Waals surface area contributed by atoms with Crippen molar-refractivity contribution in [3.8, 4) is 11.5 Å². The van der Waals surface area contributed by atoms with Crippen molar-refractivity contribution in [3.63, 3.8) is 0 Å². The van der Waals surface area contributed by atoms with Crippen LogP contribution in [-0.2, 0) is 0 Å². The summed E-state index contributed by atoms with van der Waals surface area (Å²) in [7, 11) is 5.42. The van der Waals surface area contributed by atoms with E-state index in [0.29, 0.717) is 22.4 Å². The summed E-state index contributed by atoms with van der Waals surface area (Å²) in [4.78, 5) is 2.37. The molecule has 4 nitrogen and oxygen atoms in total. The zero-order valence-corrected chi connectivity index (χ0v) is 13.2. The van der Waals surface area contributed by atoms with E-state index in [1.807, 2.05) is 6.07 Å². The highest BCUT2D eigenvalue weighted by atomic mass is 35.5. The number of nitrogens with one attached hydrogen (secondary N) is 1. The molecule has 0 bridgehead atoms. The van der Waals surface area contributed by atoms with Gasteiger partial charge in [0.2, 0.25) is 0 Å². The van der Waals surface area contributed by atoms with Crippen molar-refractivity contribution < 1.29 is 9.47 Å². The maximum atomic E-state index is 6.27. The number of ether oxygens (including phenoxy) is 2. The smallest absolute Gasteiger partial charge is 0.162 e. The fourth-order valence-corrected chi connectivity index (χ4v) is 2.73. The van der Waals surface area contributed by atoms with Gasteiger partial charge in [-0.1, -0.05) is 11.6 Å². The van der Waals surface area contributed by atoms with Crippen LogP contribution in [0.3, 0.4) is 0 Å². The molecule has 0 unspecified atom stereocenters. The van der Waals surface area contributed by atoms with E-state index in [-0.39, 0.29) is 0 Å². The molecule has 112 valence electrons. The Labute approximate surface area is 126 Å². The van der Waals surface area contributed by atoms with Crippen LogP contribution in [0.4, 0.5) is 5.69 Å². The van der Waals surface area contributed by atoms with Gasteiger partial charge in [0.15, 0.2) is 11.5 Å². The lowest BCUT2D eigenvalue weighted by molar-refractivity contribution is 0.226. The van der Waals surface area contributed by atoms with E-state index in [4.69, 9.17) is 21.1 Å². The predicted molar refractivity (Wildman–Crippen MR) is 83.3 cm³/mol. The molecule has 1 heterocycles. The van der Waals surface area contributed by atoms with Gasteiger partial charge in [-0.3, -0.25) is 0 Å². The number of piperidine rings is 1. The van der Waals surface area contributed by atoms with Gasteiger partial charge in [0, 0.05) is 18.7 Å². The van der Waals surface area contributed by atoms with Gasteiger partial charge in [0.1, 0.15) is 0 Å². The highest BCUT2D eigenvalue weighted by Gasteiger charge is 2.17. The van der Waals surface area contributed by atoms with Crippen LogP contribution in [0.1, 0.15) is 12.8 Å². The van der Waals surface area contributed by atoms with Crippen LogP contribution in [0.2, 0.25) is 5.02 Å². The molecule has 0 aliphatic carbocycles. The first-order valence-electron chi connectivity index (χ1n) is 6.98. The molecule has 1 saturated heterocycles. The van der Waals surface area contributed by atoms with Crippen molar-refractivity contribution in [1.29, 1.82) is 0 Å². The maximum Gasteiger partial charge on any atom is 0.162 e. The SMILES string of the molecule is COc1cc(Cl)c(NCC2CCN(C)CC2)cc1OC. The van der Waals surface area contributed by atoms with Crippen molar-refractivity contribution in [2.45, 2.75) is 12.8 Å². The molecule has 5 heteroatoms. The molecule has 1 aromatic rings. The number of benzene rings is 1. The Morgan fingerprint density at radius 2 is 1.80 bits per heavy atom. The van der Waals surface area contributed by atoms with Gasteiger partial charge in [-0.05, 0) is 38.9 Å². The third-order valence-electron chi connectivity index (χ3n) is 3.89. The second kappa shape index (κ2) is 7.04. The van der Waals surface area contributed by atoms with Crippen molar-refractivity contribution in [3.05, 3.63) is 17.2 Å². The van der Waals surface area contributed by atoms with Crippen LogP contribution in [0.15, 0.2) is 12.1 Å². The Bertz CT molecular complexity index is 446. The monoisotopic (exact) mass is 298 g/mol. The van der Waals surface area contributed by atoms with Crippen molar-refractivity contribution in [1.82, 2.24) is 4.90 Å². The molecular formula is C15H23ClN2O2. The standard InChI is InChI=1S/C15H23ClN2O2/c1-18-6-4-11(5-7-18)10-17-13-9-15(20-3)14(19-2)8-12(13)16/h8-9,11,17H,4-7,10H2,1-3H3. The molecule has 0 aromatic heterocycles. The van der Waals surface area contributed by atoms with Crippen molar-refractivity contribution >= 4 is 17.3 Å². The number of methoxy groups -OCH3 is 2. The summed E-state index contributed by atoms with van der Waals surface area (Å²) in [6.07, 6.45) is 2.46. The lowest BCUT2D eigenvalue weighted by Gasteiger charge is -2.29. The number of hydrogen-bond donors (Lipinski definition) is 1. The van der Waals surface area contributed by atoms with Gasteiger partial charge in [0.05, 0.1) is 24.9 Å². The highest BCUT2D eigenvalue weighted by Crippen LogP contribution is 2.36. The molecule has 20 heavy (non-hydrogen) atoms. The molecular weight excluding hydrogens is 276 g/mol. The second-order valence-corrected chi connectivity index (χ2v) is 5.72. The maximum absolute atomic E-state index is 6.27. The molecule has 0 radical (unpaired) electrons. The van der Waals surface area contributed by atoms with Crippen LogP contribution < -0.4 is 14.8 Å². The summed E-state index contributed by atoms with van der Waals surface area (Å²) < 4.78 is 10.5. The molecule has 1 aromatic carbocycles. The average molecular weight is 299 g/mol. The fraction of sp³-hybridized carbons (Fsp3) is 0.600. The van der Waals surface area contributed by atoms with Gasteiger partial charge in [-0.2, -0.15) is 0 Å². The number of likely N-dealkylation sites (tertiary alicyclic amines) is 1. The third kappa shape index (κ3) is 3.70. The van der Waals surface area contributed by atoms with E-state index >= 15 is 0 Å². The van der Waals surface area contributed by atoms with E-state index < -0.39 is 0 Å². The van der Waals surface area contributed by atoms with E-state index in [0.717, 1.165) is 12.2 Å². The number of nitrogens with zero attached hydrogens (tertiary/aromatic N) is 1. The number of halogens is 1. The Hall–Kier alpha value is -1.13. The molecule has 2 rings (SSSR count). The van der Waals surface area contributed by atoms with Crippen LogP contribution in [0, 0.1) is 5.92 Å². The van der Waals surface area contributed by atoms with E-state index in [1.54, 1.807) is 20.3 Å². The minimum absolute atomic E-state index is 0.655. The van der Waals surface area contributed by atoms with Crippen LogP contribution in [0.5, 0.6) is 11.5 Å². The summed E-state index contributed by atoms with van der Waals surface area (Å²) in [5.41, 5.74) is 0.906. The average Bonchev–Trinajstić information content (AvgIpc) is 2.47. The first kappa shape index (κ1) is 15.3. The minimum Gasteiger partial charge on any atom is -0.493 e. The largest absolute Gasteiger partial charge is 0.493 e. The zero-order chi connectivity index (χ0) is 14.5. The van der Waals surface area contributed by atoms with Gasteiger partial charge in [-0.15, -0.1) is 0 Å². The van der Waals surface area contributed by atoms with Gasteiger partial charge >= 0.3 is 0 Å². The third-order valence-corrected chi connectivity index (χ3v) is 4.21. The first-order chi connectivity index (χ1) is 9.63. The van der Waals surface area contributed by atoms with Crippen molar-refractivity contribution in [2.24, 2.45) is 5.92 Å². The molecule has 1 fully saturated rings. The topological polar surface area (TPSA) is 33.7 Å². The van der Waals surface area contributed by atoms with Gasteiger partial charge < -0.3 is 19.7 Å². The lowest BCUT2D eigenvalue weighted by atomic mass is 9.97. The molecule has 0 spiro atoms. The first-order valence-corrected chi connectivity index (χ1v) is 7.35. The Kier molecular flexibility index (Phi) is 5.38. The normalized spacial score (nSPS) is 17.0. The quantitative estimate of drug-likeness (QED) is 0.905. The van der Waals surface area contributed by atoms with E-state index in [2.05, 4.69) is 17.3 Å². The summed E-state index contributed by atoms with van der Waals surface area (Å²) in [5, 5.41) is 4.10. The van der Waals surface area contributed by atoms with Gasteiger partial charge in [0.25, 0.3) is 0 Å². The van der Waals surface area contributed by atoms with Crippen LogP contribution in [-0.4, -0.2) is 45.8 Å². The fourth-order valence-electron chi connectivity index (χ4n) is 2.51. The molecule has 0 amide bonds. The van der Waals surface area contributed by atoms with Crippen LogP contribution >= 0.6 is 11.6 Å². The second-order valence-electron chi connectivity index (χ2n) is 5.31. The Balaban J connectivity index is 1.98. The molecule has 1 N–H and O–H groups in total. The Morgan fingerprint density at radius 1 is 1.20 bits per heavy atom. The molecule has 1 aliphatic heterocycles. The van der Waals surface area contributed by atoms with E-state index in [1.165, 1.54) is 25.9 Å². The number of hydrogen-bond acceptors (Lipinski definition) is 4.